The van der Waals surface area contributed by atoms with Gasteiger partial charge in [-0.05, 0) is 79.1 Å². The Hall–Kier alpha value is -5.21. The lowest BCUT2D eigenvalue weighted by molar-refractivity contribution is 0.0612. The van der Waals surface area contributed by atoms with E-state index in [0.29, 0.717) is 29.5 Å². The minimum absolute atomic E-state index is 0.101. The molecule has 2 aromatic heterocycles. The number of ether oxygens (including phenoxy) is 2. The van der Waals surface area contributed by atoms with Crippen molar-refractivity contribution in [1.82, 2.24) is 9.55 Å². The number of nitrogens with two attached hydrogens (primary N) is 1. The zero-order valence-corrected chi connectivity index (χ0v) is 26.4. The minimum Gasteiger partial charge on any atom is -0.496 e. The molecule has 0 bridgehead atoms. The highest BCUT2D eigenvalue weighted by atomic mass is 16.5. The van der Waals surface area contributed by atoms with Gasteiger partial charge in [-0.1, -0.05) is 54.1 Å². The standard InChI is InChI=1S/C38H38N4O4/c1-24-4-7-28(8-5-24)33-22-42(21-26-14-16-46-17-15-26)23-34(36(33)43)38(44)41-31-12-10-27(11-13-31)32-18-30(20-40-37(32)39)29-9-6-25(2)35(19-29)45-3/h4-13,18-20,22-23,26H,14-17,21H2,1-3H3,(H2,39,40)(H,41,44). The summed E-state index contributed by atoms with van der Waals surface area (Å²) in [4.78, 5) is 31.8. The number of hydrogen-bond acceptors (Lipinski definition) is 6. The van der Waals surface area contributed by atoms with Crippen LogP contribution in [0.2, 0.25) is 0 Å². The fraction of sp³-hybridized carbons (Fsp3) is 0.237. The average molecular weight is 615 g/mol. The second-order valence-electron chi connectivity index (χ2n) is 11.9. The molecular formula is C38H38N4O4. The molecule has 0 unspecified atom stereocenters. The molecule has 0 spiro atoms. The third kappa shape index (κ3) is 6.72. The number of nitrogen functional groups attached to an aromatic ring is 1. The summed E-state index contributed by atoms with van der Waals surface area (Å²) in [5, 5.41) is 2.93. The molecule has 1 amide bonds. The van der Waals surface area contributed by atoms with Crippen LogP contribution >= 0.6 is 0 Å². The van der Waals surface area contributed by atoms with E-state index in [2.05, 4.69) is 10.3 Å². The smallest absolute Gasteiger partial charge is 0.261 e. The second kappa shape index (κ2) is 13.4. The van der Waals surface area contributed by atoms with E-state index in [-0.39, 0.29) is 11.0 Å². The Balaban J connectivity index is 1.27. The van der Waals surface area contributed by atoms with E-state index in [4.69, 9.17) is 15.2 Å². The van der Waals surface area contributed by atoms with Gasteiger partial charge in [0.15, 0.2) is 0 Å². The highest BCUT2D eigenvalue weighted by Gasteiger charge is 2.20. The summed E-state index contributed by atoms with van der Waals surface area (Å²) in [6.45, 7) is 6.17. The Labute approximate surface area is 268 Å². The number of amides is 1. The van der Waals surface area contributed by atoms with E-state index in [1.165, 1.54) is 0 Å². The molecule has 6 rings (SSSR count). The molecule has 1 aliphatic heterocycles. The molecule has 0 atom stereocenters. The molecule has 1 saturated heterocycles. The van der Waals surface area contributed by atoms with Crippen molar-refractivity contribution in [1.29, 1.82) is 0 Å². The van der Waals surface area contributed by atoms with Gasteiger partial charge < -0.3 is 25.1 Å². The number of hydrogen-bond donors (Lipinski definition) is 2. The topological polar surface area (TPSA) is 108 Å². The lowest BCUT2D eigenvalue weighted by Gasteiger charge is -2.23. The SMILES string of the molecule is COc1cc(-c2cnc(N)c(-c3ccc(NC(=O)c4cn(CC5CCOCC5)cc(-c5ccc(C)cc5)c4=O)cc3)c2)ccc1C. The number of anilines is 2. The van der Waals surface area contributed by atoms with Gasteiger partial charge in [-0.3, -0.25) is 9.59 Å². The molecule has 3 aromatic carbocycles. The van der Waals surface area contributed by atoms with Crippen LogP contribution in [-0.4, -0.2) is 35.8 Å². The van der Waals surface area contributed by atoms with Crippen LogP contribution in [0, 0.1) is 19.8 Å². The lowest BCUT2D eigenvalue weighted by Crippen LogP contribution is -2.26. The molecule has 8 nitrogen and oxygen atoms in total. The van der Waals surface area contributed by atoms with Crippen LogP contribution in [0.4, 0.5) is 11.5 Å². The number of nitrogens with zero attached hydrogens (tertiary/aromatic N) is 2. The van der Waals surface area contributed by atoms with E-state index in [9.17, 15) is 9.59 Å². The molecule has 0 aliphatic carbocycles. The van der Waals surface area contributed by atoms with E-state index in [0.717, 1.165) is 70.7 Å². The number of aromatic nitrogens is 2. The molecule has 0 saturated carbocycles. The van der Waals surface area contributed by atoms with E-state index >= 15 is 0 Å². The van der Waals surface area contributed by atoms with Crippen LogP contribution in [-0.2, 0) is 11.3 Å². The van der Waals surface area contributed by atoms with Crippen molar-refractivity contribution in [3.05, 3.63) is 118 Å². The maximum atomic E-state index is 13.7. The predicted molar refractivity (Wildman–Crippen MR) is 183 cm³/mol. The number of methoxy groups -OCH3 is 1. The third-order valence-electron chi connectivity index (χ3n) is 8.61. The number of benzene rings is 3. The van der Waals surface area contributed by atoms with Crippen molar-refractivity contribution in [3.63, 3.8) is 0 Å². The fourth-order valence-electron chi connectivity index (χ4n) is 5.86. The Bertz CT molecular complexity index is 1930. The number of carbonyl (C=O) groups excluding carboxylic acids is 1. The van der Waals surface area contributed by atoms with Gasteiger partial charge in [-0.2, -0.15) is 0 Å². The Morgan fingerprint density at radius 2 is 1.59 bits per heavy atom. The summed E-state index contributed by atoms with van der Waals surface area (Å²) >= 11 is 0. The highest BCUT2D eigenvalue weighted by Crippen LogP contribution is 2.32. The monoisotopic (exact) mass is 614 g/mol. The zero-order chi connectivity index (χ0) is 32.2. The van der Waals surface area contributed by atoms with Crippen molar-refractivity contribution < 1.29 is 14.3 Å². The van der Waals surface area contributed by atoms with Gasteiger partial charge in [0.25, 0.3) is 5.91 Å². The highest BCUT2D eigenvalue weighted by molar-refractivity contribution is 6.04. The first-order chi connectivity index (χ1) is 22.3. The van der Waals surface area contributed by atoms with Crippen LogP contribution in [0.15, 0.2) is 96.2 Å². The van der Waals surface area contributed by atoms with Crippen molar-refractivity contribution in [3.8, 4) is 39.1 Å². The molecular weight excluding hydrogens is 576 g/mol. The van der Waals surface area contributed by atoms with Gasteiger partial charge in [0, 0.05) is 60.7 Å². The summed E-state index contributed by atoms with van der Waals surface area (Å²) in [5.41, 5.74) is 13.6. The van der Waals surface area contributed by atoms with Gasteiger partial charge in [0.1, 0.15) is 17.1 Å². The Kier molecular flexibility index (Phi) is 8.99. The lowest BCUT2D eigenvalue weighted by atomic mass is 9.99. The molecule has 234 valence electrons. The maximum absolute atomic E-state index is 13.7. The number of carbonyl (C=O) groups is 1. The number of pyridine rings is 2. The largest absolute Gasteiger partial charge is 0.496 e. The average Bonchev–Trinajstić information content (AvgIpc) is 3.07. The van der Waals surface area contributed by atoms with E-state index in [1.54, 1.807) is 31.6 Å². The summed E-state index contributed by atoms with van der Waals surface area (Å²) in [6.07, 6.45) is 7.19. The van der Waals surface area contributed by atoms with Gasteiger partial charge in [0.05, 0.1) is 7.11 Å². The molecule has 8 heteroatoms. The summed E-state index contributed by atoms with van der Waals surface area (Å²) in [6, 6.07) is 23.2. The normalized spacial score (nSPS) is 13.4. The van der Waals surface area contributed by atoms with Gasteiger partial charge in [0.2, 0.25) is 5.43 Å². The van der Waals surface area contributed by atoms with Gasteiger partial charge in [-0.25, -0.2) is 4.98 Å². The summed E-state index contributed by atoms with van der Waals surface area (Å²) < 4.78 is 13.0. The Morgan fingerprint density at radius 3 is 2.30 bits per heavy atom. The zero-order valence-electron chi connectivity index (χ0n) is 26.4. The first kappa shape index (κ1) is 30.8. The molecule has 1 fully saturated rings. The molecule has 1 aliphatic rings. The molecule has 5 aromatic rings. The van der Waals surface area contributed by atoms with Crippen LogP contribution < -0.4 is 21.2 Å². The quantitative estimate of drug-likeness (QED) is 0.193. The fourth-order valence-corrected chi connectivity index (χ4v) is 5.86. The first-order valence-corrected chi connectivity index (χ1v) is 15.5. The second-order valence-corrected chi connectivity index (χ2v) is 11.9. The predicted octanol–water partition coefficient (Wildman–Crippen LogP) is 7.13. The molecule has 46 heavy (non-hydrogen) atoms. The van der Waals surface area contributed by atoms with Crippen molar-refractivity contribution in [2.75, 3.05) is 31.4 Å². The summed E-state index contributed by atoms with van der Waals surface area (Å²) in [7, 11) is 1.66. The molecule has 3 N–H and O–H groups in total. The van der Waals surface area contributed by atoms with Crippen LogP contribution in [0.3, 0.4) is 0 Å². The first-order valence-electron chi connectivity index (χ1n) is 15.5. The van der Waals surface area contributed by atoms with Crippen LogP contribution in [0.5, 0.6) is 5.75 Å². The Morgan fingerprint density at radius 1 is 0.913 bits per heavy atom. The number of rotatable bonds is 8. The van der Waals surface area contributed by atoms with Crippen LogP contribution in [0.25, 0.3) is 33.4 Å². The van der Waals surface area contributed by atoms with Crippen molar-refractivity contribution in [2.24, 2.45) is 5.92 Å². The van der Waals surface area contributed by atoms with Gasteiger partial charge >= 0.3 is 0 Å². The van der Waals surface area contributed by atoms with Crippen molar-refractivity contribution in [2.45, 2.75) is 33.2 Å². The summed E-state index contributed by atoms with van der Waals surface area (Å²) in [5.74, 6) is 1.16. The van der Waals surface area contributed by atoms with E-state index < -0.39 is 5.91 Å². The molecule has 0 radical (unpaired) electrons. The minimum atomic E-state index is -0.455. The number of aryl methyl sites for hydroxylation is 2. The van der Waals surface area contributed by atoms with Gasteiger partial charge in [-0.15, -0.1) is 0 Å². The molecule has 3 heterocycles. The van der Waals surface area contributed by atoms with Crippen LogP contribution in [0.1, 0.15) is 34.3 Å². The maximum Gasteiger partial charge on any atom is 0.261 e. The number of nitrogens with one attached hydrogen (secondary N) is 1. The van der Waals surface area contributed by atoms with Crippen molar-refractivity contribution >= 4 is 17.4 Å². The third-order valence-corrected chi connectivity index (χ3v) is 8.61. The van der Waals surface area contributed by atoms with E-state index in [1.807, 2.05) is 85.3 Å².